The standard InChI is InChI=1S/C21H30N4O/c1-16-4-6-17(7-5-16)20-18(12-22-23-20)13-25-11-9-21(15-26)8-3-10-24(2)19(21)14-25/h4-7,12,19,26H,3,8-11,13-15H2,1-2H3,(H,22,23)/t19-,21-/m1/s1. The van der Waals surface area contributed by atoms with Crippen LogP contribution in [0.25, 0.3) is 11.3 Å². The highest BCUT2D eigenvalue weighted by Crippen LogP contribution is 2.41. The third kappa shape index (κ3) is 3.20. The summed E-state index contributed by atoms with van der Waals surface area (Å²) >= 11 is 0. The fraction of sp³-hybridized carbons (Fsp3) is 0.571. The molecular formula is C21H30N4O. The second kappa shape index (κ2) is 7.14. The van der Waals surface area contributed by atoms with Crippen LogP contribution in [-0.4, -0.2) is 64.4 Å². The quantitative estimate of drug-likeness (QED) is 0.886. The van der Waals surface area contributed by atoms with Gasteiger partial charge in [-0.25, -0.2) is 0 Å². The van der Waals surface area contributed by atoms with Crippen LogP contribution in [0.1, 0.15) is 30.4 Å². The molecule has 2 aliphatic rings. The van der Waals surface area contributed by atoms with Crippen LogP contribution in [0.2, 0.25) is 0 Å². The number of aromatic amines is 1. The number of aryl methyl sites for hydroxylation is 1. The number of hydrogen-bond donors (Lipinski definition) is 2. The minimum atomic E-state index is 0.0969. The SMILES string of the molecule is Cc1ccc(-c2[nH]ncc2CN2CC[C@@]3(CO)CCCN(C)[C@@H]3C2)cc1. The molecule has 0 saturated carbocycles. The zero-order chi connectivity index (χ0) is 18.1. The third-order valence-corrected chi connectivity index (χ3v) is 6.55. The highest BCUT2D eigenvalue weighted by molar-refractivity contribution is 5.62. The van der Waals surface area contributed by atoms with E-state index in [0.717, 1.165) is 44.7 Å². The molecular weight excluding hydrogens is 324 g/mol. The molecule has 140 valence electrons. The summed E-state index contributed by atoms with van der Waals surface area (Å²) in [7, 11) is 2.22. The minimum Gasteiger partial charge on any atom is -0.396 e. The molecule has 0 aliphatic carbocycles. The lowest BCUT2D eigenvalue weighted by molar-refractivity contribution is -0.0684. The Bertz CT molecular complexity index is 741. The first kappa shape index (κ1) is 17.7. The Labute approximate surface area is 156 Å². The number of likely N-dealkylation sites (tertiary alicyclic amines) is 2. The van der Waals surface area contributed by atoms with E-state index < -0.39 is 0 Å². The van der Waals surface area contributed by atoms with E-state index in [4.69, 9.17) is 0 Å². The van der Waals surface area contributed by atoms with Crippen LogP contribution in [0.15, 0.2) is 30.5 Å². The molecule has 2 aliphatic heterocycles. The molecule has 1 aromatic carbocycles. The van der Waals surface area contributed by atoms with E-state index in [1.54, 1.807) is 0 Å². The van der Waals surface area contributed by atoms with Crippen molar-refractivity contribution >= 4 is 0 Å². The average Bonchev–Trinajstić information content (AvgIpc) is 3.11. The largest absolute Gasteiger partial charge is 0.396 e. The van der Waals surface area contributed by atoms with Crippen molar-refractivity contribution in [1.29, 1.82) is 0 Å². The topological polar surface area (TPSA) is 55.4 Å². The predicted octanol–water partition coefficient (Wildman–Crippen LogP) is 2.66. The minimum absolute atomic E-state index is 0.0969. The summed E-state index contributed by atoms with van der Waals surface area (Å²) in [5.74, 6) is 0. The summed E-state index contributed by atoms with van der Waals surface area (Å²) in [6, 6.07) is 9.06. The number of nitrogens with one attached hydrogen (secondary N) is 1. The summed E-state index contributed by atoms with van der Waals surface area (Å²) in [4.78, 5) is 4.99. The molecule has 3 heterocycles. The van der Waals surface area contributed by atoms with Crippen LogP contribution in [-0.2, 0) is 6.54 Å². The summed E-state index contributed by atoms with van der Waals surface area (Å²) in [5.41, 5.74) is 4.94. The first-order chi connectivity index (χ1) is 12.6. The Hall–Kier alpha value is -1.69. The van der Waals surface area contributed by atoms with E-state index in [-0.39, 0.29) is 5.41 Å². The number of piperidine rings is 2. The normalized spacial score (nSPS) is 27.4. The number of rotatable bonds is 4. The van der Waals surface area contributed by atoms with Crippen LogP contribution < -0.4 is 0 Å². The van der Waals surface area contributed by atoms with Gasteiger partial charge in [-0.3, -0.25) is 10.00 Å². The van der Waals surface area contributed by atoms with E-state index in [2.05, 4.69) is 58.2 Å². The summed E-state index contributed by atoms with van der Waals surface area (Å²) < 4.78 is 0. The predicted molar refractivity (Wildman–Crippen MR) is 104 cm³/mol. The maximum atomic E-state index is 10.1. The van der Waals surface area contributed by atoms with Gasteiger partial charge in [-0.1, -0.05) is 29.8 Å². The van der Waals surface area contributed by atoms with Gasteiger partial charge < -0.3 is 10.0 Å². The molecule has 0 radical (unpaired) electrons. The maximum Gasteiger partial charge on any atom is 0.0695 e. The Morgan fingerprint density at radius 1 is 1.23 bits per heavy atom. The molecule has 2 N–H and O–H groups in total. The van der Waals surface area contributed by atoms with Crippen LogP contribution in [0, 0.1) is 12.3 Å². The first-order valence-corrected chi connectivity index (χ1v) is 9.74. The van der Waals surface area contributed by atoms with Crippen molar-refractivity contribution < 1.29 is 5.11 Å². The zero-order valence-electron chi connectivity index (χ0n) is 15.9. The molecule has 2 atom stereocenters. The Balaban J connectivity index is 1.51. The van der Waals surface area contributed by atoms with Crippen molar-refractivity contribution in [3.8, 4) is 11.3 Å². The van der Waals surface area contributed by atoms with Gasteiger partial charge in [0, 0.05) is 30.1 Å². The van der Waals surface area contributed by atoms with Crippen LogP contribution in [0.3, 0.4) is 0 Å². The van der Waals surface area contributed by atoms with Crippen molar-refractivity contribution in [3.63, 3.8) is 0 Å². The van der Waals surface area contributed by atoms with Crippen LogP contribution >= 0.6 is 0 Å². The zero-order valence-corrected chi connectivity index (χ0v) is 15.9. The van der Waals surface area contributed by atoms with Crippen molar-refractivity contribution in [2.45, 2.75) is 38.8 Å². The molecule has 5 heteroatoms. The van der Waals surface area contributed by atoms with Crippen molar-refractivity contribution in [2.24, 2.45) is 5.41 Å². The van der Waals surface area contributed by atoms with Crippen LogP contribution in [0.4, 0.5) is 0 Å². The molecule has 0 unspecified atom stereocenters. The van der Waals surface area contributed by atoms with Gasteiger partial charge in [0.25, 0.3) is 0 Å². The molecule has 5 nitrogen and oxygen atoms in total. The van der Waals surface area contributed by atoms with E-state index in [0.29, 0.717) is 12.6 Å². The summed E-state index contributed by atoms with van der Waals surface area (Å²) in [6.45, 7) is 6.54. The molecule has 2 aromatic rings. The number of aliphatic hydroxyl groups excluding tert-OH is 1. The average molecular weight is 354 g/mol. The van der Waals surface area contributed by atoms with Gasteiger partial charge in [-0.2, -0.15) is 5.10 Å². The maximum absolute atomic E-state index is 10.1. The fourth-order valence-electron chi connectivity index (χ4n) is 4.86. The molecule has 1 aromatic heterocycles. The Kier molecular flexibility index (Phi) is 4.86. The summed E-state index contributed by atoms with van der Waals surface area (Å²) in [6.07, 6.45) is 5.41. The fourth-order valence-corrected chi connectivity index (χ4v) is 4.86. The number of aliphatic hydroxyl groups is 1. The molecule has 2 fully saturated rings. The number of hydrogen-bond acceptors (Lipinski definition) is 4. The van der Waals surface area contributed by atoms with Crippen molar-refractivity contribution in [3.05, 3.63) is 41.6 Å². The van der Waals surface area contributed by atoms with Gasteiger partial charge >= 0.3 is 0 Å². The van der Waals surface area contributed by atoms with Gasteiger partial charge in [-0.15, -0.1) is 0 Å². The van der Waals surface area contributed by atoms with E-state index in [9.17, 15) is 5.11 Å². The lowest BCUT2D eigenvalue weighted by Crippen LogP contribution is -2.61. The van der Waals surface area contributed by atoms with E-state index in [1.807, 2.05) is 6.20 Å². The number of aromatic nitrogens is 2. The molecule has 0 spiro atoms. The molecule has 0 bridgehead atoms. The molecule has 2 saturated heterocycles. The lowest BCUT2D eigenvalue weighted by atomic mass is 9.69. The van der Waals surface area contributed by atoms with Gasteiger partial charge in [0.2, 0.25) is 0 Å². The Morgan fingerprint density at radius 2 is 2.04 bits per heavy atom. The first-order valence-electron chi connectivity index (χ1n) is 9.74. The summed E-state index contributed by atoms with van der Waals surface area (Å²) in [5, 5.41) is 17.6. The molecule has 4 rings (SSSR count). The number of benzene rings is 1. The number of likely N-dealkylation sites (N-methyl/N-ethyl adjacent to an activating group) is 1. The lowest BCUT2D eigenvalue weighted by Gasteiger charge is -2.53. The second-order valence-electron chi connectivity index (χ2n) is 8.24. The molecule has 26 heavy (non-hydrogen) atoms. The highest BCUT2D eigenvalue weighted by atomic mass is 16.3. The van der Waals surface area contributed by atoms with Gasteiger partial charge in [-0.05, 0) is 51.9 Å². The van der Waals surface area contributed by atoms with Gasteiger partial charge in [0.05, 0.1) is 18.5 Å². The smallest absolute Gasteiger partial charge is 0.0695 e. The Morgan fingerprint density at radius 3 is 2.81 bits per heavy atom. The van der Waals surface area contributed by atoms with E-state index in [1.165, 1.54) is 23.1 Å². The monoisotopic (exact) mass is 354 g/mol. The second-order valence-corrected chi connectivity index (χ2v) is 8.24. The number of nitrogens with zero attached hydrogens (tertiary/aromatic N) is 3. The highest BCUT2D eigenvalue weighted by Gasteiger charge is 2.46. The third-order valence-electron chi connectivity index (χ3n) is 6.55. The van der Waals surface area contributed by atoms with Gasteiger partial charge in [0.15, 0.2) is 0 Å². The number of H-pyrrole nitrogens is 1. The molecule has 0 amide bonds. The van der Waals surface area contributed by atoms with Crippen LogP contribution in [0.5, 0.6) is 0 Å². The number of fused-ring (bicyclic) bond motifs is 1. The van der Waals surface area contributed by atoms with E-state index >= 15 is 0 Å². The van der Waals surface area contributed by atoms with Gasteiger partial charge in [0.1, 0.15) is 0 Å². The van der Waals surface area contributed by atoms with Crippen molar-refractivity contribution in [1.82, 2.24) is 20.0 Å². The van der Waals surface area contributed by atoms with Crippen molar-refractivity contribution in [2.75, 3.05) is 33.3 Å².